The predicted molar refractivity (Wildman–Crippen MR) is 76.8 cm³/mol. The Morgan fingerprint density at radius 2 is 1.87 bits per heavy atom. The van der Waals surface area contributed by atoms with Crippen molar-refractivity contribution in [1.82, 2.24) is 0 Å². The predicted octanol–water partition coefficient (Wildman–Crippen LogP) is 1.03. The molecule has 0 aromatic heterocycles. The van der Waals surface area contributed by atoms with Gasteiger partial charge in [0.05, 0.1) is 20.8 Å². The summed E-state index contributed by atoms with van der Waals surface area (Å²) in [5.41, 5.74) is -1.11. The summed E-state index contributed by atoms with van der Waals surface area (Å²) in [7, 11) is 2.81. The molecule has 0 N–H and O–H groups in total. The van der Waals surface area contributed by atoms with Crippen molar-refractivity contribution in [3.05, 3.63) is 12.2 Å². The molecule has 5 nitrogen and oxygen atoms in total. The lowest BCUT2D eigenvalue weighted by Gasteiger charge is -2.47. The van der Waals surface area contributed by atoms with Gasteiger partial charge in [0.1, 0.15) is 5.92 Å². The molecule has 5 heteroatoms. The average molecular weight is 316 g/mol. The molecule has 1 spiro atoms. The summed E-state index contributed by atoms with van der Waals surface area (Å²) in [6.45, 7) is 0.605. The zero-order chi connectivity index (χ0) is 15.7. The normalized spacial score (nSPS) is 61.5. The van der Waals surface area contributed by atoms with Crippen molar-refractivity contribution in [2.45, 2.75) is 12.0 Å². The minimum absolute atomic E-state index is 0.00787. The molecule has 0 aromatic carbocycles. The van der Waals surface area contributed by atoms with Crippen LogP contribution in [-0.2, 0) is 23.8 Å². The highest BCUT2D eigenvalue weighted by Gasteiger charge is 2.91. The first-order valence-electron chi connectivity index (χ1n) is 8.60. The minimum Gasteiger partial charge on any atom is -0.469 e. The molecule has 7 rings (SSSR count). The van der Waals surface area contributed by atoms with Crippen LogP contribution in [0.15, 0.2) is 12.2 Å². The molecule has 4 unspecified atom stereocenters. The summed E-state index contributed by atoms with van der Waals surface area (Å²) in [5, 5.41) is 0. The summed E-state index contributed by atoms with van der Waals surface area (Å²) in [5.74, 6) is 2.05. The van der Waals surface area contributed by atoms with Crippen LogP contribution in [0, 0.1) is 52.8 Å². The molecule has 1 saturated heterocycles. The van der Waals surface area contributed by atoms with E-state index < -0.39 is 11.5 Å². The standard InChI is InChI=1S/C18H20O5/c1-21-15(19)13-12-10-7-3-4-8-9(7)5-17(12)6-23-18(13,16(20)22-2)14(17)11(8)10/h3-4,7-14H,5-6H2,1-2H3/t7-,8+,9?,10?,11?,12+,13-,14+,17?,18+/m1/s1. The fraction of sp³-hybridized carbons (Fsp3) is 0.778. The number of ether oxygens (including phenoxy) is 3. The van der Waals surface area contributed by atoms with Crippen LogP contribution in [0.3, 0.4) is 0 Å². The van der Waals surface area contributed by atoms with E-state index in [4.69, 9.17) is 14.2 Å². The highest BCUT2D eigenvalue weighted by Crippen LogP contribution is 2.86. The van der Waals surface area contributed by atoms with Crippen LogP contribution in [0.1, 0.15) is 6.42 Å². The van der Waals surface area contributed by atoms with E-state index in [-0.39, 0.29) is 29.2 Å². The Kier molecular flexibility index (Phi) is 1.98. The van der Waals surface area contributed by atoms with Crippen LogP contribution in [0.2, 0.25) is 0 Å². The van der Waals surface area contributed by atoms with E-state index in [1.807, 2.05) is 0 Å². The summed E-state index contributed by atoms with van der Waals surface area (Å²) >= 11 is 0. The lowest BCUT2D eigenvalue weighted by molar-refractivity contribution is -0.203. The van der Waals surface area contributed by atoms with Gasteiger partial charge in [-0.25, -0.2) is 4.79 Å². The molecule has 23 heavy (non-hydrogen) atoms. The second-order valence-corrected chi connectivity index (χ2v) is 8.37. The first kappa shape index (κ1) is 13.0. The maximum Gasteiger partial charge on any atom is 0.339 e. The molecular formula is C18H20O5. The Bertz CT molecular complexity index is 685. The van der Waals surface area contributed by atoms with Gasteiger partial charge in [-0.15, -0.1) is 0 Å². The van der Waals surface area contributed by atoms with Crippen molar-refractivity contribution in [3.63, 3.8) is 0 Å². The Morgan fingerprint density at radius 1 is 1.13 bits per heavy atom. The highest BCUT2D eigenvalue weighted by molar-refractivity contribution is 5.91. The van der Waals surface area contributed by atoms with Gasteiger partial charge >= 0.3 is 11.9 Å². The molecule has 122 valence electrons. The SMILES string of the molecule is COC(=O)[C@H]1[C@@H]2C3C4[C@H]5C=C[C@@H]3C5CC23CO[C@]1(C(=O)OC)[C@@H]43. The van der Waals surface area contributed by atoms with Crippen molar-refractivity contribution >= 4 is 11.9 Å². The van der Waals surface area contributed by atoms with Crippen LogP contribution in [0.25, 0.3) is 0 Å². The minimum atomic E-state index is -1.10. The van der Waals surface area contributed by atoms with Gasteiger partial charge in [-0.05, 0) is 41.9 Å². The van der Waals surface area contributed by atoms with Gasteiger partial charge in [-0.2, -0.15) is 0 Å². The van der Waals surface area contributed by atoms with Crippen molar-refractivity contribution in [2.75, 3.05) is 20.8 Å². The fourth-order valence-corrected chi connectivity index (χ4v) is 8.34. The third-order valence-corrected chi connectivity index (χ3v) is 8.40. The van der Waals surface area contributed by atoms with Crippen molar-refractivity contribution < 1.29 is 23.8 Å². The average Bonchev–Trinajstić information content (AvgIpc) is 3.31. The number of carbonyl (C=O) groups is 2. The number of esters is 2. The van der Waals surface area contributed by atoms with Crippen LogP contribution in [-0.4, -0.2) is 38.4 Å². The van der Waals surface area contributed by atoms with Crippen molar-refractivity contribution in [2.24, 2.45) is 52.8 Å². The van der Waals surface area contributed by atoms with Gasteiger partial charge in [0.25, 0.3) is 0 Å². The topological polar surface area (TPSA) is 61.8 Å². The Labute approximate surface area is 134 Å². The second-order valence-electron chi connectivity index (χ2n) is 8.37. The Balaban J connectivity index is 1.59. The van der Waals surface area contributed by atoms with Gasteiger partial charge in [-0.1, -0.05) is 12.2 Å². The van der Waals surface area contributed by atoms with Gasteiger partial charge in [0.2, 0.25) is 0 Å². The van der Waals surface area contributed by atoms with Gasteiger partial charge in [0, 0.05) is 11.3 Å². The molecule has 0 aromatic rings. The quantitative estimate of drug-likeness (QED) is 0.562. The number of methoxy groups -OCH3 is 2. The van der Waals surface area contributed by atoms with Crippen LogP contribution >= 0.6 is 0 Å². The molecule has 0 radical (unpaired) electrons. The number of hydrogen-bond donors (Lipinski definition) is 0. The van der Waals surface area contributed by atoms with E-state index in [0.717, 1.165) is 6.42 Å². The van der Waals surface area contributed by atoms with E-state index in [2.05, 4.69) is 12.2 Å². The van der Waals surface area contributed by atoms with Crippen molar-refractivity contribution in [3.8, 4) is 0 Å². The van der Waals surface area contributed by atoms with Crippen molar-refractivity contribution in [1.29, 1.82) is 0 Å². The molecule has 6 fully saturated rings. The molecule has 7 aliphatic rings. The van der Waals surface area contributed by atoms with E-state index in [9.17, 15) is 9.59 Å². The highest BCUT2D eigenvalue weighted by atomic mass is 16.6. The Morgan fingerprint density at radius 3 is 2.57 bits per heavy atom. The molecule has 5 saturated carbocycles. The lowest BCUT2D eigenvalue weighted by atomic mass is 9.60. The number of carbonyl (C=O) groups excluding carboxylic acids is 2. The third-order valence-electron chi connectivity index (χ3n) is 8.40. The fourth-order valence-electron chi connectivity index (χ4n) is 8.34. The Hall–Kier alpha value is -1.36. The van der Waals surface area contributed by atoms with Crippen LogP contribution in [0.5, 0.6) is 0 Å². The summed E-state index contributed by atoms with van der Waals surface area (Å²) in [6.07, 6.45) is 5.82. The number of rotatable bonds is 2. The summed E-state index contributed by atoms with van der Waals surface area (Å²) in [6, 6.07) is 0. The van der Waals surface area contributed by atoms with Gasteiger partial charge in [-0.3, -0.25) is 4.79 Å². The smallest absolute Gasteiger partial charge is 0.339 e. The van der Waals surface area contributed by atoms with Gasteiger partial charge < -0.3 is 14.2 Å². The van der Waals surface area contributed by atoms with Gasteiger partial charge in [0.15, 0.2) is 5.60 Å². The molecule has 1 heterocycles. The summed E-state index contributed by atoms with van der Waals surface area (Å²) in [4.78, 5) is 25.4. The zero-order valence-corrected chi connectivity index (χ0v) is 13.2. The maximum absolute atomic E-state index is 12.8. The van der Waals surface area contributed by atoms with E-state index in [1.54, 1.807) is 0 Å². The number of hydrogen-bond acceptors (Lipinski definition) is 5. The second kappa shape index (κ2) is 3.51. The molecule has 1 aliphatic heterocycles. The first-order chi connectivity index (χ1) is 11.1. The first-order valence-corrected chi connectivity index (χ1v) is 8.60. The van der Waals surface area contributed by atoms with Crippen LogP contribution in [0.4, 0.5) is 0 Å². The zero-order valence-electron chi connectivity index (χ0n) is 13.2. The number of allylic oxidation sites excluding steroid dienone is 2. The largest absolute Gasteiger partial charge is 0.469 e. The van der Waals surface area contributed by atoms with Crippen LogP contribution < -0.4 is 0 Å². The van der Waals surface area contributed by atoms with E-state index in [1.165, 1.54) is 14.2 Å². The molecular weight excluding hydrogens is 296 g/mol. The molecule has 9 bridgehead atoms. The molecule has 0 amide bonds. The lowest BCUT2D eigenvalue weighted by Crippen LogP contribution is -2.59. The third kappa shape index (κ3) is 0.978. The maximum atomic E-state index is 12.8. The summed E-state index contributed by atoms with van der Waals surface area (Å²) < 4.78 is 16.4. The van der Waals surface area contributed by atoms with E-state index >= 15 is 0 Å². The monoisotopic (exact) mass is 316 g/mol. The van der Waals surface area contributed by atoms with E-state index in [0.29, 0.717) is 36.2 Å². The molecule has 6 aliphatic carbocycles. The molecule has 10 atom stereocenters.